The van der Waals surface area contributed by atoms with Crippen molar-refractivity contribution in [2.24, 2.45) is 5.73 Å². The molecule has 1 saturated carbocycles. The lowest BCUT2D eigenvalue weighted by atomic mass is 9.88. The zero-order valence-corrected chi connectivity index (χ0v) is 13.9. The highest BCUT2D eigenvalue weighted by molar-refractivity contribution is 5.70. The summed E-state index contributed by atoms with van der Waals surface area (Å²) in [4.78, 5) is 14.5. The smallest absolute Gasteiger partial charge is 0.410 e. The third kappa shape index (κ3) is 3.00. The molecule has 2 N–H and O–H groups in total. The van der Waals surface area contributed by atoms with Crippen LogP contribution in [0.25, 0.3) is 0 Å². The Morgan fingerprint density at radius 1 is 1.12 bits per heavy atom. The van der Waals surface area contributed by atoms with Crippen molar-refractivity contribution in [3.8, 4) is 0 Å². The topological polar surface area (TPSA) is 55.6 Å². The number of ether oxygens (including phenoxy) is 1. The lowest BCUT2D eigenvalue weighted by Crippen LogP contribution is -2.50. The molecule has 4 nitrogen and oxygen atoms in total. The molecule has 0 saturated heterocycles. The molecule has 130 valence electrons. The Balaban J connectivity index is 1.67. The molecule has 4 rings (SSSR count). The average molecular weight is 340 g/mol. The number of nitrogens with zero attached hydrogens (tertiary/aromatic N) is 1. The van der Waals surface area contributed by atoms with Crippen molar-refractivity contribution in [1.82, 2.24) is 4.90 Å². The summed E-state index contributed by atoms with van der Waals surface area (Å²) >= 11 is 0. The van der Waals surface area contributed by atoms with E-state index in [-0.39, 0.29) is 30.1 Å². The van der Waals surface area contributed by atoms with Crippen LogP contribution < -0.4 is 5.73 Å². The largest absolute Gasteiger partial charge is 0.444 e. The van der Waals surface area contributed by atoms with Crippen LogP contribution in [0, 0.1) is 5.82 Å². The molecule has 2 aromatic rings. The number of fused-ring (bicyclic) bond motifs is 1. The van der Waals surface area contributed by atoms with E-state index in [1.807, 2.05) is 18.2 Å². The van der Waals surface area contributed by atoms with Crippen LogP contribution in [0.1, 0.15) is 35.6 Å². The van der Waals surface area contributed by atoms with Crippen LogP contribution in [0.15, 0.2) is 48.5 Å². The van der Waals surface area contributed by atoms with Gasteiger partial charge in [-0.25, -0.2) is 9.18 Å². The normalized spacial score (nSPS) is 25.0. The van der Waals surface area contributed by atoms with Gasteiger partial charge in [0.2, 0.25) is 0 Å². The first-order valence-electron chi connectivity index (χ1n) is 8.69. The average Bonchev–Trinajstić information content (AvgIpc) is 2.64. The number of nitrogens with two attached hydrogens (primary N) is 1. The van der Waals surface area contributed by atoms with E-state index in [0.29, 0.717) is 6.54 Å². The molecule has 1 fully saturated rings. The standard InChI is InChI=1S/C20H21FN2O2/c21-15-7-5-14(6-8-15)19-16-4-2-1-3-13(16)11-12-23(19)20(24)25-18-10-9-17(18)22/h1-8,17-19H,9-12,22H2/t17-,18?,19-/m0/s1. The molecule has 2 aromatic carbocycles. The number of hydrogen-bond donors (Lipinski definition) is 1. The van der Waals surface area contributed by atoms with E-state index in [2.05, 4.69) is 6.07 Å². The monoisotopic (exact) mass is 340 g/mol. The number of halogens is 1. The number of carbonyl (C=O) groups excluding carboxylic acids is 1. The molecular formula is C20H21FN2O2. The van der Waals surface area contributed by atoms with Crippen molar-refractivity contribution in [2.75, 3.05) is 6.54 Å². The van der Waals surface area contributed by atoms with Gasteiger partial charge in [-0.1, -0.05) is 36.4 Å². The Labute approximate surface area is 146 Å². The summed E-state index contributed by atoms with van der Waals surface area (Å²) in [6.07, 6.45) is 1.95. The molecule has 1 amide bonds. The number of benzene rings is 2. The fourth-order valence-electron chi connectivity index (χ4n) is 3.61. The summed E-state index contributed by atoms with van der Waals surface area (Å²) in [6, 6.07) is 14.1. The predicted octanol–water partition coefficient (Wildman–Crippen LogP) is 3.40. The number of hydrogen-bond acceptors (Lipinski definition) is 3. The second kappa shape index (κ2) is 6.48. The van der Waals surface area contributed by atoms with Gasteiger partial charge in [-0.3, -0.25) is 4.90 Å². The van der Waals surface area contributed by atoms with Crippen molar-refractivity contribution in [2.45, 2.75) is 37.5 Å². The Morgan fingerprint density at radius 3 is 2.56 bits per heavy atom. The van der Waals surface area contributed by atoms with E-state index in [1.54, 1.807) is 17.0 Å². The maximum absolute atomic E-state index is 13.4. The van der Waals surface area contributed by atoms with Gasteiger partial charge in [0.1, 0.15) is 11.9 Å². The van der Waals surface area contributed by atoms with Gasteiger partial charge < -0.3 is 10.5 Å². The van der Waals surface area contributed by atoms with Gasteiger partial charge in [0.05, 0.1) is 6.04 Å². The van der Waals surface area contributed by atoms with Crippen molar-refractivity contribution in [1.29, 1.82) is 0 Å². The van der Waals surface area contributed by atoms with Crippen molar-refractivity contribution in [3.63, 3.8) is 0 Å². The highest BCUT2D eigenvalue weighted by atomic mass is 19.1. The SMILES string of the molecule is N[C@H]1CCC1OC(=O)N1CCc2ccccc2[C@@H]1c1ccc(F)cc1. The minimum atomic E-state index is -0.344. The van der Waals surface area contributed by atoms with Gasteiger partial charge >= 0.3 is 6.09 Å². The minimum Gasteiger partial charge on any atom is -0.444 e. The fraction of sp³-hybridized carbons (Fsp3) is 0.350. The second-order valence-corrected chi connectivity index (χ2v) is 6.76. The zero-order valence-electron chi connectivity index (χ0n) is 13.9. The summed E-state index contributed by atoms with van der Waals surface area (Å²) in [6.45, 7) is 0.569. The quantitative estimate of drug-likeness (QED) is 0.912. The molecule has 3 atom stereocenters. The Hall–Kier alpha value is -2.40. The summed E-state index contributed by atoms with van der Waals surface area (Å²) in [5.41, 5.74) is 9.05. The maximum Gasteiger partial charge on any atom is 0.410 e. The first-order chi connectivity index (χ1) is 12.1. The second-order valence-electron chi connectivity index (χ2n) is 6.76. The van der Waals surface area contributed by atoms with Crippen LogP contribution in [-0.2, 0) is 11.2 Å². The van der Waals surface area contributed by atoms with Gasteiger partial charge in [0.25, 0.3) is 0 Å². The van der Waals surface area contributed by atoms with Crippen LogP contribution in [-0.4, -0.2) is 29.7 Å². The number of carbonyl (C=O) groups is 1. The minimum absolute atomic E-state index is 0.0645. The molecule has 1 aliphatic carbocycles. The first-order valence-corrected chi connectivity index (χ1v) is 8.69. The third-order valence-corrected chi connectivity index (χ3v) is 5.22. The van der Waals surface area contributed by atoms with Gasteiger partial charge in [0.15, 0.2) is 0 Å². The molecule has 1 aliphatic heterocycles. The zero-order chi connectivity index (χ0) is 17.4. The number of amides is 1. The lowest BCUT2D eigenvalue weighted by molar-refractivity contribution is 0.00721. The van der Waals surface area contributed by atoms with E-state index < -0.39 is 0 Å². The summed E-state index contributed by atoms with van der Waals surface area (Å²) in [5.74, 6) is -0.289. The van der Waals surface area contributed by atoms with Gasteiger partial charge in [-0.05, 0) is 48.1 Å². The summed E-state index contributed by atoms with van der Waals surface area (Å²) < 4.78 is 19.0. The van der Waals surface area contributed by atoms with Crippen molar-refractivity contribution < 1.29 is 13.9 Å². The molecule has 0 radical (unpaired) electrons. The third-order valence-electron chi connectivity index (χ3n) is 5.22. The highest BCUT2D eigenvalue weighted by Gasteiger charge is 2.37. The van der Waals surface area contributed by atoms with Gasteiger partial charge in [-0.15, -0.1) is 0 Å². The van der Waals surface area contributed by atoms with Gasteiger partial charge in [0, 0.05) is 12.6 Å². The molecule has 25 heavy (non-hydrogen) atoms. The Bertz CT molecular complexity index is 778. The maximum atomic E-state index is 13.4. The molecule has 1 heterocycles. The van der Waals surface area contributed by atoms with E-state index in [1.165, 1.54) is 17.7 Å². The van der Waals surface area contributed by atoms with Crippen molar-refractivity contribution in [3.05, 3.63) is 71.0 Å². The molecular weight excluding hydrogens is 319 g/mol. The van der Waals surface area contributed by atoms with Gasteiger partial charge in [-0.2, -0.15) is 0 Å². The summed E-state index contributed by atoms with van der Waals surface area (Å²) in [7, 11) is 0. The molecule has 0 bridgehead atoms. The summed E-state index contributed by atoms with van der Waals surface area (Å²) in [5, 5.41) is 0. The highest BCUT2D eigenvalue weighted by Crippen LogP contribution is 2.36. The van der Waals surface area contributed by atoms with Crippen LogP contribution in [0.3, 0.4) is 0 Å². The molecule has 0 spiro atoms. The van der Waals surface area contributed by atoms with Crippen LogP contribution in [0.5, 0.6) is 0 Å². The Kier molecular flexibility index (Phi) is 4.17. The van der Waals surface area contributed by atoms with E-state index in [0.717, 1.165) is 30.4 Å². The molecule has 5 heteroatoms. The van der Waals surface area contributed by atoms with E-state index in [4.69, 9.17) is 10.5 Å². The van der Waals surface area contributed by atoms with Crippen LogP contribution in [0.2, 0.25) is 0 Å². The molecule has 0 aromatic heterocycles. The first kappa shape index (κ1) is 16.1. The van der Waals surface area contributed by atoms with E-state index in [9.17, 15) is 9.18 Å². The lowest BCUT2D eigenvalue weighted by Gasteiger charge is -2.40. The fourth-order valence-corrected chi connectivity index (χ4v) is 3.61. The van der Waals surface area contributed by atoms with Crippen LogP contribution >= 0.6 is 0 Å². The predicted molar refractivity (Wildman–Crippen MR) is 92.6 cm³/mol. The number of rotatable bonds is 2. The Morgan fingerprint density at radius 2 is 1.88 bits per heavy atom. The molecule has 2 aliphatic rings. The van der Waals surface area contributed by atoms with Crippen molar-refractivity contribution >= 4 is 6.09 Å². The van der Waals surface area contributed by atoms with E-state index >= 15 is 0 Å². The molecule has 1 unspecified atom stereocenters. The van der Waals surface area contributed by atoms with Crippen LogP contribution in [0.4, 0.5) is 9.18 Å².